The smallest absolute Gasteiger partial charge is 0.265 e. The Bertz CT molecular complexity index is 976. The summed E-state index contributed by atoms with van der Waals surface area (Å²) < 4.78 is 5.32. The molecule has 0 aliphatic carbocycles. The van der Waals surface area contributed by atoms with Gasteiger partial charge in [-0.1, -0.05) is 63.7 Å². The van der Waals surface area contributed by atoms with Crippen LogP contribution in [0.25, 0.3) is 0 Å². The molecule has 2 amide bonds. The van der Waals surface area contributed by atoms with E-state index >= 15 is 0 Å². The number of fused-ring (bicyclic) bond motifs is 1. The normalized spacial score (nSPS) is 15.0. The first kappa shape index (κ1) is 22.9. The molecule has 0 bridgehead atoms. The summed E-state index contributed by atoms with van der Waals surface area (Å²) in [4.78, 5) is 29.2. The van der Waals surface area contributed by atoms with E-state index in [1.807, 2.05) is 48.5 Å². The summed E-state index contributed by atoms with van der Waals surface area (Å²) >= 11 is 1.34. The van der Waals surface area contributed by atoms with Crippen LogP contribution in [-0.2, 0) is 16.1 Å². The minimum absolute atomic E-state index is 0.0493. The fourth-order valence-electron chi connectivity index (χ4n) is 3.80. The van der Waals surface area contributed by atoms with Gasteiger partial charge in [0.1, 0.15) is 5.75 Å². The molecule has 2 aromatic carbocycles. The van der Waals surface area contributed by atoms with Gasteiger partial charge in [0.05, 0.1) is 24.2 Å². The number of ether oxygens (including phenoxy) is 1. The van der Waals surface area contributed by atoms with Gasteiger partial charge in [-0.3, -0.25) is 9.59 Å². The molecule has 0 spiro atoms. The van der Waals surface area contributed by atoms with Gasteiger partial charge in [0.15, 0.2) is 0 Å². The number of rotatable bonds is 7. The molecule has 0 saturated heterocycles. The predicted molar refractivity (Wildman–Crippen MR) is 126 cm³/mol. The Morgan fingerprint density at radius 2 is 1.81 bits per heavy atom. The van der Waals surface area contributed by atoms with Crippen molar-refractivity contribution in [3.63, 3.8) is 0 Å². The standard InChI is InChI=1S/C25H30N2O3S/c1-16(2)24(17(3)4)26-23(28)14-22-25(29)27(20-11-6-7-12-21(20)31-22)15-18-9-8-10-19(13-18)30-5/h6-14,16-17,24H,15H2,1-5H3,(H,26,28). The molecule has 0 aromatic heterocycles. The number of nitrogens with zero attached hydrogens (tertiary/aromatic N) is 1. The molecule has 0 saturated carbocycles. The molecule has 1 aliphatic heterocycles. The fourth-order valence-corrected chi connectivity index (χ4v) is 4.83. The highest BCUT2D eigenvalue weighted by molar-refractivity contribution is 8.04. The Balaban J connectivity index is 1.89. The van der Waals surface area contributed by atoms with E-state index in [4.69, 9.17) is 4.74 Å². The van der Waals surface area contributed by atoms with Crippen molar-refractivity contribution in [1.82, 2.24) is 5.32 Å². The Morgan fingerprint density at radius 3 is 2.48 bits per heavy atom. The van der Waals surface area contributed by atoms with Crippen molar-refractivity contribution in [3.8, 4) is 5.75 Å². The number of thioether (sulfide) groups is 1. The molecule has 164 valence electrons. The molecule has 0 atom stereocenters. The average molecular weight is 439 g/mol. The van der Waals surface area contributed by atoms with E-state index in [-0.39, 0.29) is 17.9 Å². The zero-order valence-corrected chi connectivity index (χ0v) is 19.5. The van der Waals surface area contributed by atoms with Crippen LogP contribution in [0.2, 0.25) is 0 Å². The van der Waals surface area contributed by atoms with E-state index in [1.54, 1.807) is 12.0 Å². The van der Waals surface area contributed by atoms with E-state index in [0.29, 0.717) is 23.3 Å². The van der Waals surface area contributed by atoms with Crippen LogP contribution in [0.1, 0.15) is 33.3 Å². The van der Waals surface area contributed by atoms with Crippen molar-refractivity contribution in [2.75, 3.05) is 12.0 Å². The number of carbonyl (C=O) groups is 2. The van der Waals surface area contributed by atoms with E-state index < -0.39 is 0 Å². The van der Waals surface area contributed by atoms with Crippen molar-refractivity contribution in [2.45, 2.75) is 45.2 Å². The lowest BCUT2D eigenvalue weighted by molar-refractivity contribution is -0.119. The van der Waals surface area contributed by atoms with Gasteiger partial charge in [0.25, 0.3) is 5.91 Å². The largest absolute Gasteiger partial charge is 0.497 e. The molecular weight excluding hydrogens is 408 g/mol. The number of amides is 2. The molecule has 1 heterocycles. The van der Waals surface area contributed by atoms with Gasteiger partial charge in [-0.15, -0.1) is 0 Å². The molecule has 1 aliphatic rings. The minimum atomic E-state index is -0.232. The molecule has 0 fully saturated rings. The predicted octanol–water partition coefficient (Wildman–Crippen LogP) is 5.01. The highest BCUT2D eigenvalue weighted by atomic mass is 32.2. The number of carbonyl (C=O) groups excluding carboxylic acids is 2. The molecule has 1 N–H and O–H groups in total. The zero-order valence-electron chi connectivity index (χ0n) is 18.7. The Hall–Kier alpha value is -2.73. The number of hydrogen-bond acceptors (Lipinski definition) is 4. The molecule has 31 heavy (non-hydrogen) atoms. The highest BCUT2D eigenvalue weighted by Gasteiger charge is 2.30. The van der Waals surface area contributed by atoms with Gasteiger partial charge in [0, 0.05) is 17.0 Å². The zero-order chi connectivity index (χ0) is 22.5. The summed E-state index contributed by atoms with van der Waals surface area (Å²) in [6.07, 6.45) is 1.44. The average Bonchev–Trinajstić information content (AvgIpc) is 2.74. The third-order valence-corrected chi connectivity index (χ3v) is 6.39. The molecule has 2 aromatic rings. The second-order valence-electron chi connectivity index (χ2n) is 8.34. The SMILES string of the molecule is COc1cccc(CN2C(=O)C(=CC(=O)NC(C(C)C)C(C)C)Sc3ccccc32)c1. The lowest BCUT2D eigenvalue weighted by Crippen LogP contribution is -2.42. The van der Waals surface area contributed by atoms with Gasteiger partial charge in [-0.25, -0.2) is 0 Å². The first-order valence-corrected chi connectivity index (χ1v) is 11.4. The summed E-state index contributed by atoms with van der Waals surface area (Å²) in [5, 5.41) is 3.07. The lowest BCUT2D eigenvalue weighted by atomic mass is 9.93. The maximum absolute atomic E-state index is 13.4. The van der Waals surface area contributed by atoms with E-state index in [1.165, 1.54) is 17.8 Å². The summed E-state index contributed by atoms with van der Waals surface area (Å²) in [5.41, 5.74) is 1.80. The van der Waals surface area contributed by atoms with Crippen molar-refractivity contribution in [1.29, 1.82) is 0 Å². The van der Waals surface area contributed by atoms with Crippen LogP contribution in [0, 0.1) is 11.8 Å². The number of hydrogen-bond donors (Lipinski definition) is 1. The third kappa shape index (κ3) is 5.50. The van der Waals surface area contributed by atoms with Crippen LogP contribution < -0.4 is 15.0 Å². The van der Waals surface area contributed by atoms with Crippen molar-refractivity contribution in [3.05, 3.63) is 65.1 Å². The van der Waals surface area contributed by atoms with Gasteiger partial charge < -0.3 is 15.0 Å². The van der Waals surface area contributed by atoms with Crippen LogP contribution in [0.4, 0.5) is 5.69 Å². The first-order valence-electron chi connectivity index (χ1n) is 10.5. The lowest BCUT2D eigenvalue weighted by Gasteiger charge is -2.30. The van der Waals surface area contributed by atoms with E-state index in [9.17, 15) is 9.59 Å². The van der Waals surface area contributed by atoms with Crippen LogP contribution >= 0.6 is 11.8 Å². The summed E-state index contributed by atoms with van der Waals surface area (Å²) in [5.74, 6) is 0.953. The van der Waals surface area contributed by atoms with E-state index in [0.717, 1.165) is 21.9 Å². The Morgan fingerprint density at radius 1 is 1.10 bits per heavy atom. The number of para-hydroxylation sites is 1. The molecule has 0 unspecified atom stereocenters. The highest BCUT2D eigenvalue weighted by Crippen LogP contribution is 2.42. The second-order valence-corrected chi connectivity index (χ2v) is 9.43. The fraction of sp³-hybridized carbons (Fsp3) is 0.360. The Kier molecular flexibility index (Phi) is 7.44. The van der Waals surface area contributed by atoms with Gasteiger partial charge in [0.2, 0.25) is 5.91 Å². The van der Waals surface area contributed by atoms with Gasteiger partial charge in [-0.2, -0.15) is 0 Å². The number of benzene rings is 2. The minimum Gasteiger partial charge on any atom is -0.497 e. The Labute approximate surface area is 188 Å². The molecule has 0 radical (unpaired) electrons. The first-order chi connectivity index (χ1) is 14.8. The van der Waals surface area contributed by atoms with Crippen molar-refractivity contribution < 1.29 is 14.3 Å². The van der Waals surface area contributed by atoms with Crippen LogP contribution in [0.3, 0.4) is 0 Å². The molecule has 6 heteroatoms. The topological polar surface area (TPSA) is 58.6 Å². The summed E-state index contributed by atoms with van der Waals surface area (Å²) in [6, 6.07) is 15.5. The van der Waals surface area contributed by atoms with Crippen LogP contribution in [-0.4, -0.2) is 25.0 Å². The second kappa shape index (κ2) is 10.1. The maximum Gasteiger partial charge on any atom is 0.265 e. The van der Waals surface area contributed by atoms with Crippen molar-refractivity contribution >= 4 is 29.3 Å². The monoisotopic (exact) mass is 438 g/mol. The van der Waals surface area contributed by atoms with Crippen LogP contribution in [0.15, 0.2) is 64.4 Å². The number of methoxy groups -OCH3 is 1. The summed E-state index contributed by atoms with van der Waals surface area (Å²) in [7, 11) is 1.62. The van der Waals surface area contributed by atoms with Crippen LogP contribution in [0.5, 0.6) is 5.75 Å². The van der Waals surface area contributed by atoms with E-state index in [2.05, 4.69) is 33.0 Å². The number of anilines is 1. The third-order valence-electron chi connectivity index (χ3n) is 5.31. The maximum atomic E-state index is 13.4. The molecular formula is C25H30N2O3S. The molecule has 5 nitrogen and oxygen atoms in total. The van der Waals surface area contributed by atoms with Crippen molar-refractivity contribution in [2.24, 2.45) is 11.8 Å². The molecule has 3 rings (SSSR count). The number of nitrogens with one attached hydrogen (secondary N) is 1. The quantitative estimate of drug-likeness (QED) is 0.617. The summed E-state index contributed by atoms with van der Waals surface area (Å²) in [6.45, 7) is 8.75. The van der Waals surface area contributed by atoms with Gasteiger partial charge in [-0.05, 0) is 41.7 Å². The van der Waals surface area contributed by atoms with Gasteiger partial charge >= 0.3 is 0 Å².